The second-order valence-corrected chi connectivity index (χ2v) is 8.52. The summed E-state index contributed by atoms with van der Waals surface area (Å²) >= 11 is 0. The zero-order valence-corrected chi connectivity index (χ0v) is 21.6. The first-order chi connectivity index (χ1) is 12.9. The molecule has 0 aromatic heterocycles. The number of hydrogen-bond acceptors (Lipinski definition) is 3. The summed E-state index contributed by atoms with van der Waals surface area (Å²) in [4.78, 5) is 2.52. The van der Waals surface area contributed by atoms with Gasteiger partial charge in [-0.25, -0.2) is 0 Å². The molecule has 3 N–H and O–H groups in total. The normalized spacial score (nSPS) is 14.7. The highest BCUT2D eigenvalue weighted by Gasteiger charge is 2.17. The van der Waals surface area contributed by atoms with Gasteiger partial charge in [-0.05, 0) is 51.4 Å². The molecule has 1 saturated heterocycles. The summed E-state index contributed by atoms with van der Waals surface area (Å²) in [5.74, 6) is 0.894. The van der Waals surface area contributed by atoms with Gasteiger partial charge in [0.25, 0.3) is 0 Å². The Morgan fingerprint density at radius 3 is 1.62 bits per heavy atom. The predicted octanol–water partition coefficient (Wildman–Crippen LogP) is 6.60. The molecule has 6 heteroatoms. The van der Waals surface area contributed by atoms with Crippen LogP contribution in [0.4, 0.5) is 0 Å². The van der Waals surface area contributed by atoms with Gasteiger partial charge in [-0.15, -0.1) is 37.2 Å². The Morgan fingerprint density at radius 2 is 1.17 bits per heavy atom. The van der Waals surface area contributed by atoms with Gasteiger partial charge in [0, 0.05) is 13.1 Å². The molecule has 0 spiro atoms. The molecule has 0 amide bonds. The van der Waals surface area contributed by atoms with Gasteiger partial charge >= 0.3 is 0 Å². The first-order valence-electron chi connectivity index (χ1n) is 12.0. The first-order valence-corrected chi connectivity index (χ1v) is 12.0. The average Bonchev–Trinajstić information content (AvgIpc) is 2.66. The Morgan fingerprint density at radius 1 is 0.724 bits per heavy atom. The zero-order chi connectivity index (χ0) is 18.7. The first kappa shape index (κ1) is 34.4. The molecule has 180 valence electrons. The van der Waals surface area contributed by atoms with E-state index >= 15 is 0 Å². The van der Waals surface area contributed by atoms with E-state index in [1.54, 1.807) is 0 Å². The average molecular weight is 477 g/mol. The van der Waals surface area contributed by atoms with Crippen molar-refractivity contribution in [1.29, 1.82) is 0 Å². The lowest BCUT2D eigenvalue weighted by Gasteiger charge is -2.31. The predicted molar refractivity (Wildman–Crippen MR) is 139 cm³/mol. The molecule has 0 aromatic carbocycles. The van der Waals surface area contributed by atoms with Crippen LogP contribution in [0.25, 0.3) is 0 Å². The molecule has 1 fully saturated rings. The number of likely N-dealkylation sites (tertiary alicyclic amines) is 1. The molecule has 1 aliphatic heterocycles. The van der Waals surface area contributed by atoms with Crippen molar-refractivity contribution in [2.45, 2.75) is 103 Å². The van der Waals surface area contributed by atoms with Crippen molar-refractivity contribution >= 4 is 37.2 Å². The lowest BCUT2D eigenvalue weighted by atomic mass is 9.97. The van der Waals surface area contributed by atoms with Crippen molar-refractivity contribution in [3.63, 3.8) is 0 Å². The second-order valence-electron chi connectivity index (χ2n) is 8.52. The third-order valence-corrected chi connectivity index (χ3v) is 6.04. The van der Waals surface area contributed by atoms with E-state index in [0.717, 1.165) is 19.0 Å². The van der Waals surface area contributed by atoms with Gasteiger partial charge < -0.3 is 16.0 Å². The summed E-state index contributed by atoms with van der Waals surface area (Å²) in [5.41, 5.74) is 5.64. The fourth-order valence-electron chi connectivity index (χ4n) is 4.17. The highest BCUT2D eigenvalue weighted by atomic mass is 35.5. The van der Waals surface area contributed by atoms with Gasteiger partial charge in [-0.2, -0.15) is 0 Å². The topological polar surface area (TPSA) is 41.3 Å². The lowest BCUT2D eigenvalue weighted by Crippen LogP contribution is -2.39. The molecular weight excluding hydrogens is 425 g/mol. The molecule has 0 bridgehead atoms. The van der Waals surface area contributed by atoms with Crippen LogP contribution in [0.3, 0.4) is 0 Å². The van der Waals surface area contributed by atoms with E-state index in [4.69, 9.17) is 5.73 Å². The maximum Gasteiger partial charge on any atom is 0.0105 e. The van der Waals surface area contributed by atoms with Crippen molar-refractivity contribution in [2.24, 2.45) is 11.7 Å². The van der Waals surface area contributed by atoms with Crippen LogP contribution in [0.15, 0.2) is 0 Å². The third-order valence-electron chi connectivity index (χ3n) is 6.04. The number of nitrogens with two attached hydrogens (primary N) is 1. The molecule has 29 heavy (non-hydrogen) atoms. The Hall–Kier alpha value is 0.750. The van der Waals surface area contributed by atoms with Crippen LogP contribution in [0.1, 0.15) is 103 Å². The second kappa shape index (κ2) is 26.8. The van der Waals surface area contributed by atoms with E-state index in [-0.39, 0.29) is 37.2 Å². The van der Waals surface area contributed by atoms with E-state index in [9.17, 15) is 0 Å². The maximum atomic E-state index is 5.64. The summed E-state index contributed by atoms with van der Waals surface area (Å²) in [6.07, 6.45) is 21.4. The van der Waals surface area contributed by atoms with Crippen LogP contribution < -0.4 is 11.1 Å². The van der Waals surface area contributed by atoms with Gasteiger partial charge in [-0.1, -0.05) is 84.0 Å². The minimum absolute atomic E-state index is 0. The summed E-state index contributed by atoms with van der Waals surface area (Å²) in [6, 6.07) is 0. The number of piperidine rings is 1. The van der Waals surface area contributed by atoms with Gasteiger partial charge in [0.2, 0.25) is 0 Å². The summed E-state index contributed by atoms with van der Waals surface area (Å²) in [5, 5.41) is 3.70. The van der Waals surface area contributed by atoms with E-state index in [2.05, 4.69) is 17.1 Å². The minimum atomic E-state index is 0. The number of unbranched alkanes of at least 4 members (excludes halogenated alkanes) is 12. The molecule has 0 saturated carbocycles. The summed E-state index contributed by atoms with van der Waals surface area (Å²) < 4.78 is 0. The fourth-order valence-corrected chi connectivity index (χ4v) is 4.17. The summed E-state index contributed by atoms with van der Waals surface area (Å²) in [6.45, 7) is 9.14. The van der Waals surface area contributed by atoms with Crippen LogP contribution in [0.2, 0.25) is 0 Å². The number of rotatable bonds is 18. The molecule has 0 atom stereocenters. The Bertz CT molecular complexity index is 289. The number of halogens is 3. The van der Waals surface area contributed by atoms with E-state index in [1.165, 1.54) is 122 Å². The maximum absolute atomic E-state index is 5.64. The largest absolute Gasteiger partial charge is 0.329 e. The molecule has 1 heterocycles. The molecule has 3 nitrogen and oxygen atoms in total. The van der Waals surface area contributed by atoms with Crippen LogP contribution in [-0.2, 0) is 0 Å². The van der Waals surface area contributed by atoms with Crippen molar-refractivity contribution < 1.29 is 0 Å². The third kappa shape index (κ3) is 21.8. The van der Waals surface area contributed by atoms with E-state index in [0.29, 0.717) is 0 Å². The molecule has 1 aliphatic rings. The molecule has 0 radical (unpaired) electrons. The van der Waals surface area contributed by atoms with Crippen molar-refractivity contribution in [1.82, 2.24) is 10.2 Å². The van der Waals surface area contributed by atoms with Gasteiger partial charge in [0.15, 0.2) is 0 Å². The van der Waals surface area contributed by atoms with Gasteiger partial charge in [0.05, 0.1) is 0 Å². The highest BCUT2D eigenvalue weighted by Crippen LogP contribution is 2.16. The fraction of sp³-hybridized carbons (Fsp3) is 1.00. The smallest absolute Gasteiger partial charge is 0.0105 e. The number of hydrogen-bond donors (Lipinski definition) is 2. The Balaban J connectivity index is -0.00000225. The van der Waals surface area contributed by atoms with E-state index in [1.807, 2.05) is 0 Å². The zero-order valence-electron chi connectivity index (χ0n) is 19.2. The van der Waals surface area contributed by atoms with Crippen LogP contribution in [-0.4, -0.2) is 44.2 Å². The molecule has 0 aliphatic carbocycles. The number of nitrogens with zero attached hydrogens (tertiary/aromatic N) is 1. The Kier molecular flexibility index (Phi) is 31.7. The highest BCUT2D eigenvalue weighted by molar-refractivity contribution is 5.86. The van der Waals surface area contributed by atoms with Crippen molar-refractivity contribution in [2.75, 3.05) is 39.3 Å². The van der Waals surface area contributed by atoms with Gasteiger partial charge in [0.1, 0.15) is 0 Å². The molecule has 0 aromatic rings. The SMILES string of the molecule is CCCCCCCCCCCCCCCNCC1CCN(CCN)CC1.Cl.Cl.Cl. The Labute approximate surface area is 201 Å². The van der Waals surface area contributed by atoms with E-state index < -0.39 is 0 Å². The number of nitrogens with one attached hydrogen (secondary N) is 1. The van der Waals surface area contributed by atoms with Crippen molar-refractivity contribution in [3.8, 4) is 0 Å². The standard InChI is InChI=1S/C23H49N3.3ClH/c1-2-3-4-5-6-7-8-9-10-11-12-13-14-18-25-22-23-15-19-26(20-16-23)21-17-24;;;/h23,25H,2-22,24H2,1H3;3*1H. The molecule has 1 rings (SSSR count). The van der Waals surface area contributed by atoms with Crippen LogP contribution in [0, 0.1) is 5.92 Å². The molecular formula is C23H52Cl3N3. The van der Waals surface area contributed by atoms with Gasteiger partial charge in [-0.3, -0.25) is 0 Å². The minimum Gasteiger partial charge on any atom is -0.329 e. The van der Waals surface area contributed by atoms with Crippen molar-refractivity contribution in [3.05, 3.63) is 0 Å². The lowest BCUT2D eigenvalue weighted by molar-refractivity contribution is 0.186. The monoisotopic (exact) mass is 475 g/mol. The van der Waals surface area contributed by atoms with Crippen LogP contribution in [0.5, 0.6) is 0 Å². The summed E-state index contributed by atoms with van der Waals surface area (Å²) in [7, 11) is 0. The quantitative estimate of drug-likeness (QED) is 0.219. The molecule has 0 unspecified atom stereocenters. The van der Waals surface area contributed by atoms with Crippen LogP contribution >= 0.6 is 37.2 Å².